The van der Waals surface area contributed by atoms with Crippen LogP contribution in [0.4, 0.5) is 0 Å². The van der Waals surface area contributed by atoms with Gasteiger partial charge in [0.05, 0.1) is 3.79 Å². The van der Waals surface area contributed by atoms with Crippen LogP contribution < -0.4 is 5.32 Å². The minimum atomic E-state index is 0.594. The summed E-state index contributed by atoms with van der Waals surface area (Å²) < 4.78 is 1.27. The first-order chi connectivity index (χ1) is 5.81. The first-order valence-corrected chi connectivity index (χ1v) is 5.87. The second-order valence-electron chi connectivity index (χ2n) is 3.16. The molecule has 0 radical (unpaired) electrons. The molecule has 1 atom stereocenters. The molecule has 0 bridgehead atoms. The van der Waals surface area contributed by atoms with Gasteiger partial charge in [-0.15, -0.1) is 11.3 Å². The molecule has 0 amide bonds. The highest BCUT2D eigenvalue weighted by Gasteiger charge is 2.20. The van der Waals surface area contributed by atoms with Crippen LogP contribution >= 0.6 is 27.3 Å². The van der Waals surface area contributed by atoms with Gasteiger partial charge in [0.25, 0.3) is 0 Å². The molecule has 0 fully saturated rings. The molecule has 3 heteroatoms. The number of fused-ring (bicyclic) bond motifs is 1. The summed E-state index contributed by atoms with van der Waals surface area (Å²) >= 11 is 5.43. The molecule has 66 valence electrons. The van der Waals surface area contributed by atoms with Crippen molar-refractivity contribution in [3.8, 4) is 0 Å². The second kappa shape index (κ2) is 3.48. The number of hydrogen-bond acceptors (Lipinski definition) is 2. The Hall–Kier alpha value is 0.140. The van der Waals surface area contributed by atoms with E-state index in [2.05, 4.69) is 27.3 Å². The number of nitrogens with one attached hydrogen (secondary N) is 1. The van der Waals surface area contributed by atoms with Crippen molar-refractivity contribution in [1.29, 1.82) is 0 Å². The predicted molar refractivity (Wildman–Crippen MR) is 56.8 cm³/mol. The third-order valence-corrected chi connectivity index (χ3v) is 4.15. The minimum absolute atomic E-state index is 0.594. The molecule has 0 spiro atoms. The van der Waals surface area contributed by atoms with Crippen molar-refractivity contribution in [3.05, 3.63) is 20.3 Å². The molecule has 0 saturated heterocycles. The lowest BCUT2D eigenvalue weighted by atomic mass is 9.94. The Morgan fingerprint density at radius 1 is 1.67 bits per heavy atom. The van der Waals surface area contributed by atoms with Gasteiger partial charge in [-0.3, -0.25) is 0 Å². The molecule has 1 aliphatic rings. The Balaban J connectivity index is 2.36. The van der Waals surface area contributed by atoms with E-state index in [0.717, 1.165) is 0 Å². The van der Waals surface area contributed by atoms with E-state index in [0.29, 0.717) is 6.04 Å². The van der Waals surface area contributed by atoms with Crippen LogP contribution in [-0.2, 0) is 6.42 Å². The van der Waals surface area contributed by atoms with E-state index in [1.807, 2.05) is 18.4 Å². The summed E-state index contributed by atoms with van der Waals surface area (Å²) in [6.45, 7) is 0. The maximum Gasteiger partial charge on any atom is 0.0704 e. The summed E-state index contributed by atoms with van der Waals surface area (Å²) in [4.78, 5) is 1.56. The van der Waals surface area contributed by atoms with Crippen molar-refractivity contribution < 1.29 is 0 Å². The Morgan fingerprint density at radius 3 is 3.25 bits per heavy atom. The van der Waals surface area contributed by atoms with Gasteiger partial charge in [0, 0.05) is 10.9 Å². The molecule has 1 heterocycles. The van der Waals surface area contributed by atoms with E-state index in [1.165, 1.54) is 28.6 Å². The van der Waals surface area contributed by atoms with Crippen molar-refractivity contribution >= 4 is 27.3 Å². The second-order valence-corrected chi connectivity index (χ2v) is 5.68. The number of rotatable bonds is 1. The van der Waals surface area contributed by atoms with Gasteiger partial charge in [0.15, 0.2) is 0 Å². The van der Waals surface area contributed by atoms with Crippen LogP contribution in [0.2, 0.25) is 0 Å². The normalized spacial score (nSPS) is 22.3. The fourth-order valence-electron chi connectivity index (χ4n) is 1.82. The third kappa shape index (κ3) is 1.45. The summed E-state index contributed by atoms with van der Waals surface area (Å²) in [7, 11) is 2.05. The van der Waals surface area contributed by atoms with Crippen LogP contribution in [-0.4, -0.2) is 7.05 Å². The molecule has 2 rings (SSSR count). The molecule has 1 aromatic heterocycles. The maximum atomic E-state index is 3.54. The van der Waals surface area contributed by atoms with Gasteiger partial charge < -0.3 is 5.32 Å². The average Bonchev–Trinajstić information content (AvgIpc) is 2.44. The molecule has 1 aromatic rings. The molecule has 1 N–H and O–H groups in total. The third-order valence-electron chi connectivity index (χ3n) is 2.43. The molecule has 12 heavy (non-hydrogen) atoms. The Labute approximate surface area is 85.3 Å². The number of thiophene rings is 1. The highest BCUT2D eigenvalue weighted by Crippen LogP contribution is 2.37. The van der Waals surface area contributed by atoms with Gasteiger partial charge in [-0.1, -0.05) is 0 Å². The monoisotopic (exact) mass is 245 g/mol. The molecule has 0 saturated carbocycles. The van der Waals surface area contributed by atoms with Gasteiger partial charge in [-0.25, -0.2) is 0 Å². The summed E-state index contributed by atoms with van der Waals surface area (Å²) in [5.74, 6) is 0. The summed E-state index contributed by atoms with van der Waals surface area (Å²) in [5, 5.41) is 3.36. The zero-order chi connectivity index (χ0) is 8.55. The van der Waals surface area contributed by atoms with Gasteiger partial charge in [-0.2, -0.15) is 0 Å². The van der Waals surface area contributed by atoms with E-state index >= 15 is 0 Å². The molecule has 1 nitrogen and oxygen atoms in total. The van der Waals surface area contributed by atoms with Crippen molar-refractivity contribution in [1.82, 2.24) is 5.32 Å². The van der Waals surface area contributed by atoms with Gasteiger partial charge >= 0.3 is 0 Å². The quantitative estimate of drug-likeness (QED) is 0.802. The summed E-state index contributed by atoms with van der Waals surface area (Å²) in [6.07, 6.45) is 3.88. The maximum absolute atomic E-state index is 3.54. The lowest BCUT2D eigenvalue weighted by Crippen LogP contribution is -2.19. The molecule has 1 aliphatic carbocycles. The van der Waals surface area contributed by atoms with Gasteiger partial charge in [0.1, 0.15) is 0 Å². The van der Waals surface area contributed by atoms with Crippen LogP contribution in [0.3, 0.4) is 0 Å². The number of hydrogen-bond donors (Lipinski definition) is 1. The van der Waals surface area contributed by atoms with Crippen LogP contribution in [0, 0.1) is 0 Å². The first kappa shape index (κ1) is 8.73. The molecule has 1 unspecified atom stereocenters. The lowest BCUT2D eigenvalue weighted by molar-refractivity contribution is 0.501. The zero-order valence-electron chi connectivity index (χ0n) is 7.06. The predicted octanol–water partition coefficient (Wildman–Crippen LogP) is 3.11. The standard InChI is InChI=1S/C9H12BrNS/c1-11-7-3-2-4-8-6(7)5-9(10)12-8/h5,7,11H,2-4H2,1H3. The highest BCUT2D eigenvalue weighted by molar-refractivity contribution is 9.11. The van der Waals surface area contributed by atoms with Gasteiger partial charge in [0.2, 0.25) is 0 Å². The van der Waals surface area contributed by atoms with Gasteiger partial charge in [-0.05, 0) is 53.9 Å². The van der Waals surface area contributed by atoms with E-state index in [4.69, 9.17) is 0 Å². The van der Waals surface area contributed by atoms with E-state index in [1.54, 1.807) is 4.88 Å². The fraction of sp³-hybridized carbons (Fsp3) is 0.556. The van der Waals surface area contributed by atoms with Crippen molar-refractivity contribution in [2.24, 2.45) is 0 Å². The van der Waals surface area contributed by atoms with E-state index in [9.17, 15) is 0 Å². The first-order valence-electron chi connectivity index (χ1n) is 4.26. The Bertz CT molecular complexity index is 282. The van der Waals surface area contributed by atoms with Crippen molar-refractivity contribution in [2.75, 3.05) is 7.05 Å². The van der Waals surface area contributed by atoms with Crippen LogP contribution in [0.15, 0.2) is 9.85 Å². The SMILES string of the molecule is CNC1CCCc2sc(Br)cc21. The van der Waals surface area contributed by atoms with Crippen LogP contribution in [0.1, 0.15) is 29.3 Å². The highest BCUT2D eigenvalue weighted by atomic mass is 79.9. The fourth-order valence-corrected chi connectivity index (χ4v) is 3.64. The lowest BCUT2D eigenvalue weighted by Gasteiger charge is -2.21. The van der Waals surface area contributed by atoms with E-state index in [-0.39, 0.29) is 0 Å². The molecular formula is C9H12BrNS. The Morgan fingerprint density at radius 2 is 2.50 bits per heavy atom. The smallest absolute Gasteiger partial charge is 0.0704 e. The number of halogens is 1. The average molecular weight is 246 g/mol. The van der Waals surface area contributed by atoms with E-state index < -0.39 is 0 Å². The number of aryl methyl sites for hydroxylation is 1. The van der Waals surface area contributed by atoms with Crippen molar-refractivity contribution in [3.63, 3.8) is 0 Å². The molecule has 0 aliphatic heterocycles. The molecular weight excluding hydrogens is 234 g/mol. The summed E-state index contributed by atoms with van der Waals surface area (Å²) in [5.41, 5.74) is 1.51. The summed E-state index contributed by atoms with van der Waals surface area (Å²) in [6, 6.07) is 2.86. The van der Waals surface area contributed by atoms with Crippen LogP contribution in [0.25, 0.3) is 0 Å². The topological polar surface area (TPSA) is 12.0 Å². The zero-order valence-corrected chi connectivity index (χ0v) is 9.46. The largest absolute Gasteiger partial charge is 0.313 e. The Kier molecular flexibility index (Phi) is 2.53. The molecule has 0 aromatic carbocycles. The van der Waals surface area contributed by atoms with Crippen molar-refractivity contribution in [2.45, 2.75) is 25.3 Å². The van der Waals surface area contributed by atoms with Crippen LogP contribution in [0.5, 0.6) is 0 Å². The minimum Gasteiger partial charge on any atom is -0.313 e.